The Balaban J connectivity index is 2.92. The maximum Gasteiger partial charge on any atom is 0.328 e. The Kier molecular flexibility index (Phi) is 5.24. The number of aromatic nitrogens is 2. The van der Waals surface area contributed by atoms with E-state index in [1.54, 1.807) is 0 Å². The van der Waals surface area contributed by atoms with Crippen LogP contribution in [0.1, 0.15) is 30.8 Å². The lowest BCUT2D eigenvalue weighted by molar-refractivity contribution is -0.143. The van der Waals surface area contributed by atoms with E-state index in [9.17, 15) is 19.2 Å². The number of esters is 1. The molecule has 110 valence electrons. The van der Waals surface area contributed by atoms with Crippen LogP contribution in [-0.2, 0) is 9.53 Å². The lowest BCUT2D eigenvalue weighted by Gasteiger charge is -2.18. The van der Waals surface area contributed by atoms with Crippen LogP contribution < -0.4 is 16.6 Å². The molecule has 1 heterocycles. The SMILES string of the molecule is COC(=O)C(CC(C)C)NC(=O)c1cc(=O)[nH]c(=O)[nH]1. The highest BCUT2D eigenvalue weighted by atomic mass is 16.5. The normalized spacial score (nSPS) is 12.0. The molecular formula is C12H17N3O5. The zero-order valence-corrected chi connectivity index (χ0v) is 11.5. The Labute approximate surface area is 114 Å². The molecule has 0 aliphatic carbocycles. The number of rotatable bonds is 5. The molecule has 0 saturated carbocycles. The summed E-state index contributed by atoms with van der Waals surface area (Å²) in [5.74, 6) is -1.15. The Morgan fingerprint density at radius 2 is 1.95 bits per heavy atom. The molecule has 1 aromatic heterocycles. The van der Waals surface area contributed by atoms with Crippen LogP contribution in [0.15, 0.2) is 15.7 Å². The van der Waals surface area contributed by atoms with Gasteiger partial charge in [0.2, 0.25) is 0 Å². The third-order valence-corrected chi connectivity index (χ3v) is 2.50. The van der Waals surface area contributed by atoms with Gasteiger partial charge in [0, 0.05) is 6.07 Å². The van der Waals surface area contributed by atoms with E-state index in [0.29, 0.717) is 6.42 Å². The fraction of sp³-hybridized carbons (Fsp3) is 0.500. The summed E-state index contributed by atoms with van der Waals surface area (Å²) in [7, 11) is 1.22. The van der Waals surface area contributed by atoms with Crippen molar-refractivity contribution in [1.29, 1.82) is 0 Å². The van der Waals surface area contributed by atoms with E-state index in [4.69, 9.17) is 0 Å². The largest absolute Gasteiger partial charge is 0.467 e. The third kappa shape index (κ3) is 4.38. The average Bonchev–Trinajstić information content (AvgIpc) is 2.35. The molecule has 1 atom stereocenters. The molecule has 1 amide bonds. The van der Waals surface area contributed by atoms with Gasteiger partial charge in [-0.15, -0.1) is 0 Å². The van der Waals surface area contributed by atoms with E-state index >= 15 is 0 Å². The topological polar surface area (TPSA) is 121 Å². The van der Waals surface area contributed by atoms with Gasteiger partial charge in [-0.05, 0) is 12.3 Å². The average molecular weight is 283 g/mol. The van der Waals surface area contributed by atoms with Crippen molar-refractivity contribution in [2.75, 3.05) is 7.11 Å². The molecule has 0 spiro atoms. The van der Waals surface area contributed by atoms with E-state index < -0.39 is 29.2 Å². The van der Waals surface area contributed by atoms with Crippen molar-refractivity contribution in [3.63, 3.8) is 0 Å². The minimum absolute atomic E-state index is 0.151. The Morgan fingerprint density at radius 3 is 2.45 bits per heavy atom. The molecule has 0 aromatic carbocycles. The van der Waals surface area contributed by atoms with E-state index in [1.165, 1.54) is 7.11 Å². The summed E-state index contributed by atoms with van der Waals surface area (Å²) >= 11 is 0. The number of hydrogen-bond donors (Lipinski definition) is 3. The molecule has 0 bridgehead atoms. The van der Waals surface area contributed by atoms with Crippen LogP contribution in [-0.4, -0.2) is 35.0 Å². The molecule has 0 aliphatic heterocycles. The highest BCUT2D eigenvalue weighted by Gasteiger charge is 2.23. The second-order valence-corrected chi connectivity index (χ2v) is 4.68. The predicted molar refractivity (Wildman–Crippen MR) is 70.4 cm³/mol. The number of amides is 1. The predicted octanol–water partition coefficient (Wildman–Crippen LogP) is -0.619. The maximum atomic E-state index is 11.9. The Morgan fingerprint density at radius 1 is 1.30 bits per heavy atom. The van der Waals surface area contributed by atoms with Crippen LogP contribution in [0.25, 0.3) is 0 Å². The first-order chi connectivity index (χ1) is 9.33. The minimum atomic E-state index is -0.838. The number of ether oxygens (including phenoxy) is 1. The van der Waals surface area contributed by atoms with E-state index in [2.05, 4.69) is 15.0 Å². The molecule has 1 rings (SSSR count). The van der Waals surface area contributed by atoms with Gasteiger partial charge in [-0.25, -0.2) is 9.59 Å². The molecule has 1 aromatic rings. The molecule has 0 radical (unpaired) electrons. The second-order valence-electron chi connectivity index (χ2n) is 4.68. The van der Waals surface area contributed by atoms with Crippen LogP contribution >= 0.6 is 0 Å². The number of carbonyl (C=O) groups is 2. The van der Waals surface area contributed by atoms with Crippen LogP contribution in [0.2, 0.25) is 0 Å². The summed E-state index contributed by atoms with van der Waals surface area (Å²) in [5, 5.41) is 2.43. The summed E-state index contributed by atoms with van der Waals surface area (Å²) in [4.78, 5) is 49.8. The molecule has 1 unspecified atom stereocenters. The summed E-state index contributed by atoms with van der Waals surface area (Å²) in [5.41, 5.74) is -1.70. The van der Waals surface area contributed by atoms with E-state index in [-0.39, 0.29) is 11.6 Å². The molecule has 8 nitrogen and oxygen atoms in total. The molecule has 0 saturated heterocycles. The highest BCUT2D eigenvalue weighted by molar-refractivity contribution is 5.95. The number of nitrogens with one attached hydrogen (secondary N) is 3. The summed E-state index contributed by atoms with van der Waals surface area (Å²) < 4.78 is 4.60. The van der Waals surface area contributed by atoms with E-state index in [1.807, 2.05) is 18.8 Å². The van der Waals surface area contributed by atoms with Gasteiger partial charge < -0.3 is 15.0 Å². The van der Waals surface area contributed by atoms with Crippen molar-refractivity contribution in [3.05, 3.63) is 32.6 Å². The van der Waals surface area contributed by atoms with Gasteiger partial charge in [-0.1, -0.05) is 13.8 Å². The van der Waals surface area contributed by atoms with Crippen molar-refractivity contribution < 1.29 is 14.3 Å². The number of carbonyl (C=O) groups excluding carboxylic acids is 2. The fourth-order valence-electron chi connectivity index (χ4n) is 1.65. The van der Waals surface area contributed by atoms with Gasteiger partial charge in [0.15, 0.2) is 0 Å². The molecule has 20 heavy (non-hydrogen) atoms. The van der Waals surface area contributed by atoms with Crippen LogP contribution in [0.4, 0.5) is 0 Å². The molecule has 8 heteroatoms. The Bertz CT molecular complexity index is 573. The van der Waals surface area contributed by atoms with Gasteiger partial charge in [0.1, 0.15) is 11.7 Å². The second kappa shape index (κ2) is 6.69. The number of hydrogen-bond acceptors (Lipinski definition) is 5. The van der Waals surface area contributed by atoms with Crippen molar-refractivity contribution in [2.45, 2.75) is 26.3 Å². The first-order valence-electron chi connectivity index (χ1n) is 6.05. The van der Waals surface area contributed by atoms with Crippen molar-refractivity contribution in [3.8, 4) is 0 Å². The standard InChI is InChI=1S/C12H17N3O5/c1-6(2)4-8(11(18)20-3)13-10(17)7-5-9(16)15-12(19)14-7/h5-6,8H,4H2,1-3H3,(H,13,17)(H2,14,15,16,19). The third-order valence-electron chi connectivity index (χ3n) is 2.50. The van der Waals surface area contributed by atoms with Gasteiger partial charge in [0.05, 0.1) is 7.11 Å². The van der Waals surface area contributed by atoms with Gasteiger partial charge in [0.25, 0.3) is 11.5 Å². The first-order valence-corrected chi connectivity index (χ1v) is 6.05. The zero-order valence-electron chi connectivity index (χ0n) is 11.5. The van der Waals surface area contributed by atoms with Crippen LogP contribution in [0.5, 0.6) is 0 Å². The number of H-pyrrole nitrogens is 2. The van der Waals surface area contributed by atoms with Gasteiger partial charge in [-0.3, -0.25) is 14.6 Å². The monoisotopic (exact) mass is 283 g/mol. The molecule has 0 fully saturated rings. The summed E-state index contributed by atoms with van der Waals surface area (Å²) in [6.07, 6.45) is 0.381. The van der Waals surface area contributed by atoms with E-state index in [0.717, 1.165) is 6.07 Å². The fourth-order valence-corrected chi connectivity index (χ4v) is 1.65. The number of aromatic amines is 2. The van der Waals surface area contributed by atoms with Crippen molar-refractivity contribution in [1.82, 2.24) is 15.3 Å². The van der Waals surface area contributed by atoms with Crippen LogP contribution in [0.3, 0.4) is 0 Å². The zero-order chi connectivity index (χ0) is 15.3. The lowest BCUT2D eigenvalue weighted by atomic mass is 10.0. The lowest BCUT2D eigenvalue weighted by Crippen LogP contribution is -2.43. The summed E-state index contributed by atoms with van der Waals surface area (Å²) in [6.45, 7) is 3.77. The smallest absolute Gasteiger partial charge is 0.328 e. The Hall–Kier alpha value is -2.38. The molecular weight excluding hydrogens is 266 g/mol. The quantitative estimate of drug-likeness (QED) is 0.622. The maximum absolute atomic E-state index is 11.9. The van der Waals surface area contributed by atoms with Gasteiger partial charge in [-0.2, -0.15) is 0 Å². The molecule has 3 N–H and O–H groups in total. The molecule has 0 aliphatic rings. The first kappa shape index (κ1) is 15.7. The minimum Gasteiger partial charge on any atom is -0.467 e. The van der Waals surface area contributed by atoms with Crippen LogP contribution in [0, 0.1) is 5.92 Å². The summed E-state index contributed by atoms with van der Waals surface area (Å²) in [6, 6.07) is 0.107. The van der Waals surface area contributed by atoms with Crippen molar-refractivity contribution in [2.24, 2.45) is 5.92 Å². The van der Waals surface area contributed by atoms with Gasteiger partial charge >= 0.3 is 11.7 Å². The van der Waals surface area contributed by atoms with Crippen molar-refractivity contribution >= 4 is 11.9 Å². The highest BCUT2D eigenvalue weighted by Crippen LogP contribution is 2.06. The number of methoxy groups -OCH3 is 1.